The minimum Gasteiger partial charge on any atom is -0.497 e. The van der Waals surface area contributed by atoms with Crippen molar-refractivity contribution in [1.82, 2.24) is 15.1 Å². The van der Waals surface area contributed by atoms with Crippen LogP contribution < -0.4 is 10.1 Å². The van der Waals surface area contributed by atoms with Crippen LogP contribution in [-0.2, 0) is 11.2 Å². The summed E-state index contributed by atoms with van der Waals surface area (Å²) in [6.07, 6.45) is 3.57. The third-order valence-electron chi connectivity index (χ3n) is 4.32. The number of hydrogen-bond acceptors (Lipinski definition) is 6. The molecule has 2 heterocycles. The molecule has 7 nitrogen and oxygen atoms in total. The van der Waals surface area contributed by atoms with Crippen molar-refractivity contribution in [2.45, 2.75) is 6.42 Å². The number of carbonyl (C=O) groups excluding carboxylic acids is 1. The molecule has 0 unspecified atom stereocenters. The van der Waals surface area contributed by atoms with Gasteiger partial charge in [-0.15, -0.1) is 0 Å². The third kappa shape index (κ3) is 4.30. The Bertz CT molecular complexity index is 1110. The van der Waals surface area contributed by atoms with Crippen LogP contribution in [0.3, 0.4) is 0 Å². The summed E-state index contributed by atoms with van der Waals surface area (Å²) in [7, 11) is 1.61. The number of ether oxygens (including phenoxy) is 1. The summed E-state index contributed by atoms with van der Waals surface area (Å²) in [5.74, 6) is 1.40. The summed E-state index contributed by atoms with van der Waals surface area (Å²) in [4.78, 5) is 21.0. The maximum absolute atomic E-state index is 12.5. The van der Waals surface area contributed by atoms with Crippen molar-refractivity contribution >= 4 is 11.6 Å². The van der Waals surface area contributed by atoms with Gasteiger partial charge in [-0.3, -0.25) is 9.78 Å². The van der Waals surface area contributed by atoms with Gasteiger partial charge in [0.1, 0.15) is 5.75 Å². The molecule has 0 atom stereocenters. The van der Waals surface area contributed by atoms with Gasteiger partial charge in [0.25, 0.3) is 5.89 Å². The molecule has 2 aromatic heterocycles. The topological polar surface area (TPSA) is 90.1 Å². The second-order valence-corrected chi connectivity index (χ2v) is 6.28. The van der Waals surface area contributed by atoms with E-state index in [1.165, 1.54) is 0 Å². The van der Waals surface area contributed by atoms with Crippen LogP contribution in [0.5, 0.6) is 5.75 Å². The Morgan fingerprint density at radius 1 is 1.03 bits per heavy atom. The van der Waals surface area contributed by atoms with Crippen LogP contribution in [0, 0.1) is 0 Å². The highest BCUT2D eigenvalue weighted by Gasteiger charge is 2.15. The molecular weight excluding hydrogens is 368 g/mol. The molecule has 0 spiro atoms. The van der Waals surface area contributed by atoms with Gasteiger partial charge in [-0.05, 0) is 42.0 Å². The zero-order valence-electron chi connectivity index (χ0n) is 15.7. The summed E-state index contributed by atoms with van der Waals surface area (Å²) < 4.78 is 10.6. The van der Waals surface area contributed by atoms with Gasteiger partial charge in [-0.1, -0.05) is 29.4 Å². The van der Waals surface area contributed by atoms with Crippen LogP contribution in [0.25, 0.3) is 22.8 Å². The molecule has 0 bridgehead atoms. The van der Waals surface area contributed by atoms with Gasteiger partial charge in [0.05, 0.1) is 24.8 Å². The molecule has 0 saturated heterocycles. The van der Waals surface area contributed by atoms with Crippen LogP contribution in [-0.4, -0.2) is 28.1 Å². The van der Waals surface area contributed by atoms with Crippen molar-refractivity contribution < 1.29 is 14.1 Å². The number of carbonyl (C=O) groups is 1. The predicted octanol–water partition coefficient (Wildman–Crippen LogP) is 3.99. The summed E-state index contributed by atoms with van der Waals surface area (Å²) in [5, 5.41) is 6.96. The first-order valence-corrected chi connectivity index (χ1v) is 8.99. The van der Waals surface area contributed by atoms with Crippen LogP contribution in [0.4, 0.5) is 5.69 Å². The predicted molar refractivity (Wildman–Crippen MR) is 108 cm³/mol. The smallest absolute Gasteiger partial charge is 0.260 e. The Hall–Kier alpha value is -4.00. The van der Waals surface area contributed by atoms with E-state index >= 15 is 0 Å². The van der Waals surface area contributed by atoms with Crippen LogP contribution in [0.1, 0.15) is 5.56 Å². The Labute approximate surface area is 167 Å². The second kappa shape index (κ2) is 8.35. The molecule has 144 valence electrons. The van der Waals surface area contributed by atoms with E-state index in [4.69, 9.17) is 9.26 Å². The second-order valence-electron chi connectivity index (χ2n) is 6.28. The molecule has 29 heavy (non-hydrogen) atoms. The number of para-hydroxylation sites is 1. The van der Waals surface area contributed by atoms with E-state index in [1.807, 2.05) is 42.5 Å². The van der Waals surface area contributed by atoms with Crippen molar-refractivity contribution in [3.05, 3.63) is 78.6 Å². The molecule has 0 aliphatic carbocycles. The van der Waals surface area contributed by atoms with Gasteiger partial charge in [0.15, 0.2) is 0 Å². The van der Waals surface area contributed by atoms with Crippen LogP contribution in [0.2, 0.25) is 0 Å². The van der Waals surface area contributed by atoms with Gasteiger partial charge in [0, 0.05) is 18.0 Å². The molecule has 0 aliphatic rings. The SMILES string of the molecule is COc1ccc(CC(=O)Nc2ccccc2-c2nc(-c3ccncc3)no2)cc1. The minimum atomic E-state index is -0.142. The van der Waals surface area contributed by atoms with E-state index in [1.54, 1.807) is 37.7 Å². The summed E-state index contributed by atoms with van der Waals surface area (Å²) in [5.41, 5.74) is 2.95. The highest BCUT2D eigenvalue weighted by molar-refractivity contribution is 5.95. The first-order valence-electron chi connectivity index (χ1n) is 8.99. The summed E-state index contributed by atoms with van der Waals surface area (Å²) in [6, 6.07) is 18.3. The van der Waals surface area contributed by atoms with E-state index in [9.17, 15) is 4.79 Å². The van der Waals surface area contributed by atoms with E-state index in [-0.39, 0.29) is 12.3 Å². The average molecular weight is 386 g/mol. The monoisotopic (exact) mass is 386 g/mol. The molecule has 0 fully saturated rings. The molecule has 1 amide bonds. The van der Waals surface area contributed by atoms with Crippen molar-refractivity contribution in [2.24, 2.45) is 0 Å². The van der Waals surface area contributed by atoms with Crippen LogP contribution in [0.15, 0.2) is 77.6 Å². The van der Waals surface area contributed by atoms with E-state index < -0.39 is 0 Å². The normalized spacial score (nSPS) is 10.5. The number of rotatable bonds is 6. The standard InChI is InChI=1S/C22H18N4O3/c1-28-17-8-6-15(7-9-17)14-20(27)24-19-5-3-2-4-18(19)22-25-21(26-29-22)16-10-12-23-13-11-16/h2-13H,14H2,1H3,(H,24,27). The summed E-state index contributed by atoms with van der Waals surface area (Å²) in [6.45, 7) is 0. The molecule has 1 N–H and O–H groups in total. The van der Waals surface area contributed by atoms with Crippen molar-refractivity contribution in [1.29, 1.82) is 0 Å². The largest absolute Gasteiger partial charge is 0.497 e. The quantitative estimate of drug-likeness (QED) is 0.539. The lowest BCUT2D eigenvalue weighted by atomic mass is 10.1. The van der Waals surface area contributed by atoms with E-state index in [0.29, 0.717) is 23.0 Å². The number of hydrogen-bond donors (Lipinski definition) is 1. The summed E-state index contributed by atoms with van der Waals surface area (Å²) >= 11 is 0. The number of amides is 1. The number of nitrogens with zero attached hydrogens (tertiary/aromatic N) is 3. The minimum absolute atomic E-state index is 0.142. The molecule has 0 radical (unpaired) electrons. The zero-order chi connectivity index (χ0) is 20.1. The fourth-order valence-electron chi connectivity index (χ4n) is 2.85. The average Bonchev–Trinajstić information content (AvgIpc) is 3.25. The van der Waals surface area contributed by atoms with Gasteiger partial charge in [-0.25, -0.2) is 0 Å². The Balaban J connectivity index is 1.52. The Morgan fingerprint density at radius 2 is 1.79 bits per heavy atom. The van der Waals surface area contributed by atoms with Gasteiger partial charge < -0.3 is 14.6 Å². The Kier molecular flexibility index (Phi) is 5.29. The third-order valence-corrected chi connectivity index (χ3v) is 4.32. The van der Waals surface area contributed by atoms with Gasteiger partial charge in [0.2, 0.25) is 11.7 Å². The molecule has 4 aromatic rings. The molecule has 7 heteroatoms. The first kappa shape index (κ1) is 18.4. The number of nitrogens with one attached hydrogen (secondary N) is 1. The van der Waals surface area contributed by atoms with Crippen molar-refractivity contribution in [3.63, 3.8) is 0 Å². The first-order chi connectivity index (χ1) is 14.2. The highest BCUT2D eigenvalue weighted by atomic mass is 16.5. The maximum Gasteiger partial charge on any atom is 0.260 e. The lowest BCUT2D eigenvalue weighted by molar-refractivity contribution is -0.115. The lowest BCUT2D eigenvalue weighted by Crippen LogP contribution is -2.15. The number of aromatic nitrogens is 3. The lowest BCUT2D eigenvalue weighted by Gasteiger charge is -2.09. The maximum atomic E-state index is 12.5. The molecule has 0 aliphatic heterocycles. The number of anilines is 1. The fraction of sp³-hybridized carbons (Fsp3) is 0.0909. The van der Waals surface area contributed by atoms with E-state index in [0.717, 1.165) is 16.9 Å². The highest BCUT2D eigenvalue weighted by Crippen LogP contribution is 2.28. The molecule has 2 aromatic carbocycles. The molecule has 0 saturated carbocycles. The van der Waals surface area contributed by atoms with E-state index in [2.05, 4.69) is 20.4 Å². The Morgan fingerprint density at radius 3 is 2.55 bits per heavy atom. The fourth-order valence-corrected chi connectivity index (χ4v) is 2.85. The van der Waals surface area contributed by atoms with Gasteiger partial charge in [-0.2, -0.15) is 4.98 Å². The van der Waals surface area contributed by atoms with Crippen LogP contribution >= 0.6 is 0 Å². The van der Waals surface area contributed by atoms with Crippen molar-refractivity contribution in [2.75, 3.05) is 12.4 Å². The number of pyridine rings is 1. The molecular formula is C22H18N4O3. The van der Waals surface area contributed by atoms with Gasteiger partial charge >= 0.3 is 0 Å². The zero-order valence-corrected chi connectivity index (χ0v) is 15.7. The van der Waals surface area contributed by atoms with Crippen molar-refractivity contribution in [3.8, 4) is 28.6 Å². The number of methoxy groups -OCH3 is 1. The number of benzene rings is 2. The molecule has 4 rings (SSSR count).